The molecule has 3 fully saturated rings. The van der Waals surface area contributed by atoms with Gasteiger partial charge < -0.3 is 19.2 Å². The van der Waals surface area contributed by atoms with Crippen LogP contribution in [0.5, 0.6) is 5.75 Å². The highest BCUT2D eigenvalue weighted by Gasteiger charge is 2.51. The molecular weight excluding hydrogens is 545 g/mol. The Bertz CT molecular complexity index is 1330. The van der Waals surface area contributed by atoms with Crippen molar-refractivity contribution in [1.29, 1.82) is 0 Å². The first kappa shape index (κ1) is 28.3. The molecule has 0 radical (unpaired) electrons. The van der Waals surface area contributed by atoms with E-state index in [0.29, 0.717) is 36.4 Å². The molecule has 0 atom stereocenters. The second-order valence-electron chi connectivity index (χ2n) is 12.2. The highest BCUT2D eigenvalue weighted by molar-refractivity contribution is 6.35. The van der Waals surface area contributed by atoms with Crippen LogP contribution < -0.4 is 4.74 Å². The molecule has 2 aromatic rings. The molecule has 1 spiro atoms. The van der Waals surface area contributed by atoms with Gasteiger partial charge in [-0.3, -0.25) is 9.69 Å². The van der Waals surface area contributed by atoms with Crippen LogP contribution in [0.3, 0.4) is 0 Å². The van der Waals surface area contributed by atoms with Crippen molar-refractivity contribution in [2.24, 2.45) is 10.6 Å². The third kappa shape index (κ3) is 5.53. The van der Waals surface area contributed by atoms with E-state index in [-0.39, 0.29) is 17.4 Å². The van der Waals surface area contributed by atoms with Gasteiger partial charge in [-0.05, 0) is 81.7 Å². The fourth-order valence-electron chi connectivity index (χ4n) is 6.48. The molecular formula is C32H39ClFN3O4. The summed E-state index contributed by atoms with van der Waals surface area (Å²) < 4.78 is 25.1. The summed E-state index contributed by atoms with van der Waals surface area (Å²) in [6.45, 7) is 10.5. The zero-order valence-corrected chi connectivity index (χ0v) is 24.9. The lowest BCUT2D eigenvalue weighted by atomic mass is 9.80. The van der Waals surface area contributed by atoms with Crippen molar-refractivity contribution in [1.82, 2.24) is 9.80 Å². The molecule has 2 aromatic carbocycles. The first-order valence-corrected chi connectivity index (χ1v) is 15.3. The molecule has 9 heteroatoms. The number of benzene rings is 2. The second kappa shape index (κ2) is 11.1. The van der Waals surface area contributed by atoms with E-state index in [2.05, 4.69) is 21.0 Å². The zero-order chi connectivity index (χ0) is 28.8. The van der Waals surface area contributed by atoms with Gasteiger partial charge in [0.15, 0.2) is 5.60 Å². The first-order chi connectivity index (χ1) is 19.7. The number of hydrogen-bond acceptors (Lipinski definition) is 7. The van der Waals surface area contributed by atoms with Gasteiger partial charge in [0.25, 0.3) is 0 Å². The first-order valence-electron chi connectivity index (χ1n) is 14.9. The number of hydrogen-bond donors (Lipinski definition) is 0. The number of carbonyl (C=O) groups excluding carboxylic acids is 1. The van der Waals surface area contributed by atoms with Gasteiger partial charge >= 0.3 is 5.97 Å². The third-order valence-corrected chi connectivity index (χ3v) is 9.37. The Morgan fingerprint density at radius 2 is 1.85 bits per heavy atom. The summed E-state index contributed by atoms with van der Waals surface area (Å²) in [5.74, 6) is 1.80. The van der Waals surface area contributed by atoms with Crippen molar-refractivity contribution < 1.29 is 23.5 Å². The topological polar surface area (TPSA) is 63.6 Å². The Kier molecular flexibility index (Phi) is 7.66. The van der Waals surface area contributed by atoms with Gasteiger partial charge in [0.2, 0.25) is 0 Å². The smallest absolute Gasteiger partial charge is 0.311 e. The second-order valence-corrected chi connectivity index (χ2v) is 12.6. The van der Waals surface area contributed by atoms with Gasteiger partial charge in [-0.25, -0.2) is 4.39 Å². The predicted octanol–water partition coefficient (Wildman–Crippen LogP) is 6.38. The van der Waals surface area contributed by atoms with Gasteiger partial charge in [0, 0.05) is 43.9 Å². The SMILES string of the molecule is CCOC(=O)C1(C)CCN(C2=NOC3(C2)CN(Cc2cc(C4CC4)c(-c4ccc(F)cc4)c(Cl)c2OCC)C3)CC1. The number of piperidine rings is 1. The van der Waals surface area contributed by atoms with Gasteiger partial charge in [0.05, 0.1) is 30.1 Å². The molecule has 7 nitrogen and oxygen atoms in total. The van der Waals surface area contributed by atoms with E-state index in [1.54, 1.807) is 12.1 Å². The maximum atomic E-state index is 13.7. The van der Waals surface area contributed by atoms with Gasteiger partial charge in [-0.2, -0.15) is 0 Å². The average Bonchev–Trinajstić information content (AvgIpc) is 3.70. The molecule has 4 aliphatic rings. The van der Waals surface area contributed by atoms with Crippen LogP contribution in [0.2, 0.25) is 5.02 Å². The van der Waals surface area contributed by atoms with Crippen LogP contribution in [0, 0.1) is 11.2 Å². The number of halogens is 2. The van der Waals surface area contributed by atoms with Crippen LogP contribution >= 0.6 is 11.6 Å². The largest absolute Gasteiger partial charge is 0.492 e. The molecule has 3 aliphatic heterocycles. The standard InChI is InChI=1S/C32H39ClFN3O4/c1-4-39-29-23(16-25(21-6-7-21)27(28(29)33)22-8-10-24(34)11-9-22)18-36-19-32(20-36)17-26(35-41-32)37-14-12-31(3,13-15-37)30(38)40-5-2/h8-11,16,21H,4-7,12-15,17-20H2,1-3H3. The number of esters is 1. The number of rotatable bonds is 8. The highest BCUT2D eigenvalue weighted by atomic mass is 35.5. The van der Waals surface area contributed by atoms with Gasteiger partial charge in [0.1, 0.15) is 17.4 Å². The fraction of sp³-hybridized carbons (Fsp3) is 0.562. The van der Waals surface area contributed by atoms with Crippen LogP contribution in [0.15, 0.2) is 35.5 Å². The Balaban J connectivity index is 1.12. The molecule has 0 amide bonds. The number of amidine groups is 1. The lowest BCUT2D eigenvalue weighted by Gasteiger charge is -2.46. The predicted molar refractivity (Wildman–Crippen MR) is 157 cm³/mol. The van der Waals surface area contributed by atoms with E-state index < -0.39 is 5.41 Å². The quantitative estimate of drug-likeness (QED) is 0.336. The maximum Gasteiger partial charge on any atom is 0.311 e. The Morgan fingerprint density at radius 1 is 1.15 bits per heavy atom. The van der Waals surface area contributed by atoms with Crippen molar-refractivity contribution in [2.45, 2.75) is 70.9 Å². The van der Waals surface area contributed by atoms with Crippen LogP contribution in [-0.4, -0.2) is 66.6 Å². The van der Waals surface area contributed by atoms with E-state index in [9.17, 15) is 9.18 Å². The van der Waals surface area contributed by atoms with Gasteiger partial charge in [-0.15, -0.1) is 0 Å². The van der Waals surface area contributed by atoms with Crippen LogP contribution in [0.25, 0.3) is 11.1 Å². The van der Waals surface area contributed by atoms with E-state index in [4.69, 9.17) is 25.9 Å². The molecule has 220 valence electrons. The van der Waals surface area contributed by atoms with Crippen molar-refractivity contribution in [3.63, 3.8) is 0 Å². The van der Waals surface area contributed by atoms with Crippen molar-refractivity contribution in [2.75, 3.05) is 39.4 Å². The van der Waals surface area contributed by atoms with E-state index >= 15 is 0 Å². The number of ether oxygens (including phenoxy) is 2. The van der Waals surface area contributed by atoms with Crippen molar-refractivity contribution >= 4 is 23.4 Å². The molecule has 1 aliphatic carbocycles. The normalized spacial score (nSPS) is 21.3. The molecule has 0 unspecified atom stereocenters. The number of oxime groups is 1. The summed E-state index contributed by atoms with van der Waals surface area (Å²) in [5.41, 5.74) is 3.44. The molecule has 2 saturated heterocycles. The van der Waals surface area contributed by atoms with Crippen LogP contribution in [0.4, 0.5) is 4.39 Å². The molecule has 1 saturated carbocycles. The molecule has 6 rings (SSSR count). The number of likely N-dealkylation sites (tertiary alicyclic amines) is 2. The van der Waals surface area contributed by atoms with Crippen LogP contribution in [0.1, 0.15) is 69.9 Å². The summed E-state index contributed by atoms with van der Waals surface area (Å²) >= 11 is 7.06. The molecule has 0 N–H and O–H groups in total. The van der Waals surface area contributed by atoms with Crippen molar-refractivity contribution in [3.05, 3.63) is 52.3 Å². The monoisotopic (exact) mass is 583 g/mol. The molecule has 0 aromatic heterocycles. The lowest BCUT2D eigenvalue weighted by Crippen LogP contribution is -2.61. The summed E-state index contributed by atoms with van der Waals surface area (Å²) in [6, 6.07) is 8.81. The number of nitrogens with zero attached hydrogens (tertiary/aromatic N) is 3. The molecule has 3 heterocycles. The summed E-state index contributed by atoms with van der Waals surface area (Å²) in [5, 5.41) is 5.10. The Morgan fingerprint density at radius 3 is 2.49 bits per heavy atom. The van der Waals surface area contributed by atoms with E-state index in [1.807, 2.05) is 20.8 Å². The number of carbonyl (C=O) groups is 1. The molecule has 41 heavy (non-hydrogen) atoms. The average molecular weight is 584 g/mol. The maximum absolute atomic E-state index is 13.7. The third-order valence-electron chi connectivity index (χ3n) is 9.01. The minimum Gasteiger partial charge on any atom is -0.492 e. The van der Waals surface area contributed by atoms with Gasteiger partial charge in [-0.1, -0.05) is 28.9 Å². The van der Waals surface area contributed by atoms with Crippen LogP contribution in [-0.2, 0) is 20.9 Å². The Labute approximate surface area is 246 Å². The zero-order valence-electron chi connectivity index (χ0n) is 24.2. The van der Waals surface area contributed by atoms with E-state index in [0.717, 1.165) is 80.8 Å². The molecule has 0 bridgehead atoms. The minimum atomic E-state index is -0.428. The summed E-state index contributed by atoms with van der Waals surface area (Å²) in [4.78, 5) is 23.1. The van der Waals surface area contributed by atoms with Crippen molar-refractivity contribution in [3.8, 4) is 16.9 Å². The fourth-order valence-corrected chi connectivity index (χ4v) is 6.88. The Hall–Kier alpha value is -2.84. The minimum absolute atomic E-state index is 0.0996. The summed E-state index contributed by atoms with van der Waals surface area (Å²) in [7, 11) is 0. The lowest BCUT2D eigenvalue weighted by molar-refractivity contribution is -0.156. The highest BCUT2D eigenvalue weighted by Crippen LogP contribution is 2.51. The summed E-state index contributed by atoms with van der Waals surface area (Å²) in [6.07, 6.45) is 4.54. The van der Waals surface area contributed by atoms with E-state index in [1.165, 1.54) is 17.7 Å².